The van der Waals surface area contributed by atoms with E-state index in [-0.39, 0.29) is 17.0 Å². The highest BCUT2D eigenvalue weighted by Crippen LogP contribution is 2.26. The number of hydrogen-bond donors (Lipinski definition) is 1. The van der Waals surface area contributed by atoms with Crippen molar-refractivity contribution in [3.05, 3.63) is 77.1 Å². The molecule has 2 aromatic carbocycles. The van der Waals surface area contributed by atoms with E-state index in [1.807, 2.05) is 27.7 Å². The molecule has 1 amide bonds. The Morgan fingerprint density at radius 2 is 1.66 bits per heavy atom. The predicted molar refractivity (Wildman–Crippen MR) is 146 cm³/mol. The number of carboxylic acids is 1. The van der Waals surface area contributed by atoms with Crippen molar-refractivity contribution >= 4 is 17.8 Å². The molecule has 0 fully saturated rings. The fraction of sp³-hybridized carbons (Fsp3) is 0.400. The Labute approximate surface area is 224 Å². The number of carboxylic acid groups (broad SMARTS) is 1. The summed E-state index contributed by atoms with van der Waals surface area (Å²) in [5.41, 5.74) is 1.90. The van der Waals surface area contributed by atoms with Gasteiger partial charge < -0.3 is 19.3 Å². The highest BCUT2D eigenvalue weighted by molar-refractivity contribution is 6.00. The lowest BCUT2D eigenvalue weighted by molar-refractivity contribution is 0.0600. The minimum Gasteiger partial charge on any atom is -0.478 e. The molecule has 0 atom stereocenters. The molecule has 3 aromatic rings. The summed E-state index contributed by atoms with van der Waals surface area (Å²) in [4.78, 5) is 44.3. The van der Waals surface area contributed by atoms with Crippen LogP contribution in [0.4, 0.5) is 0 Å². The van der Waals surface area contributed by atoms with Crippen LogP contribution in [0, 0.1) is 0 Å². The zero-order valence-electron chi connectivity index (χ0n) is 22.5. The minimum absolute atomic E-state index is 0.0735. The first-order valence-electron chi connectivity index (χ1n) is 13.3. The van der Waals surface area contributed by atoms with Gasteiger partial charge in [-0.1, -0.05) is 57.0 Å². The number of methoxy groups -OCH3 is 1. The highest BCUT2D eigenvalue weighted by Gasteiger charge is 2.24. The molecule has 0 radical (unpaired) electrons. The van der Waals surface area contributed by atoms with Crippen LogP contribution in [0.5, 0.6) is 0 Å². The first kappa shape index (κ1) is 28.6. The molecule has 202 valence electrons. The van der Waals surface area contributed by atoms with E-state index in [1.54, 1.807) is 12.3 Å². The quantitative estimate of drug-likeness (QED) is 0.274. The maximum absolute atomic E-state index is 13.5. The van der Waals surface area contributed by atoms with Crippen LogP contribution in [-0.4, -0.2) is 57.6 Å². The van der Waals surface area contributed by atoms with Crippen molar-refractivity contribution < 1.29 is 24.2 Å². The predicted octanol–water partition coefficient (Wildman–Crippen LogP) is 5.71. The zero-order chi connectivity index (χ0) is 27.5. The van der Waals surface area contributed by atoms with Crippen molar-refractivity contribution in [2.24, 2.45) is 0 Å². The lowest BCUT2D eigenvalue weighted by Crippen LogP contribution is -2.33. The molecule has 1 N–H and O–H groups in total. The molecule has 0 bridgehead atoms. The van der Waals surface area contributed by atoms with E-state index in [1.165, 1.54) is 24.8 Å². The lowest BCUT2D eigenvalue weighted by Gasteiger charge is -2.21. The summed E-state index contributed by atoms with van der Waals surface area (Å²) >= 11 is 0. The van der Waals surface area contributed by atoms with Gasteiger partial charge in [-0.3, -0.25) is 4.79 Å². The Balaban J connectivity index is 2.01. The third-order valence-corrected chi connectivity index (χ3v) is 6.47. The molecule has 8 heteroatoms. The molecule has 1 aromatic heterocycles. The summed E-state index contributed by atoms with van der Waals surface area (Å²) in [7, 11) is 1.25. The second-order valence-corrected chi connectivity index (χ2v) is 9.29. The molecular formula is C30H37N3O5. The molecule has 0 aliphatic carbocycles. The summed E-state index contributed by atoms with van der Waals surface area (Å²) in [6.07, 6.45) is 7.09. The standard InChI is InChI=1S/C30H37N3O5/c1-4-6-17-32(18-7-5-2)28(34)26-21-33(19-11-14-22-12-9-8-10-13-22)27(31-26)24-16-15-23(30(37)38-3)20-25(24)29(35)36/h8-10,12-13,15-16,20-21H,4-7,11,14,17-19H2,1-3H3,(H,35,36). The summed E-state index contributed by atoms with van der Waals surface area (Å²) in [6.45, 7) is 6.03. The summed E-state index contributed by atoms with van der Waals surface area (Å²) in [6, 6.07) is 14.5. The first-order valence-corrected chi connectivity index (χ1v) is 13.3. The van der Waals surface area contributed by atoms with Gasteiger partial charge in [-0.05, 0) is 49.4 Å². The van der Waals surface area contributed by atoms with Crippen molar-refractivity contribution in [1.29, 1.82) is 0 Å². The number of amides is 1. The van der Waals surface area contributed by atoms with Crippen LogP contribution in [0.1, 0.15) is 82.7 Å². The summed E-state index contributed by atoms with van der Waals surface area (Å²) in [5.74, 6) is -1.58. The topological polar surface area (TPSA) is 102 Å². The van der Waals surface area contributed by atoms with Gasteiger partial charge >= 0.3 is 11.9 Å². The molecule has 0 aliphatic heterocycles. The van der Waals surface area contributed by atoms with Crippen LogP contribution in [-0.2, 0) is 17.7 Å². The maximum Gasteiger partial charge on any atom is 0.337 e. The Morgan fingerprint density at radius 3 is 2.26 bits per heavy atom. The van der Waals surface area contributed by atoms with Crippen LogP contribution in [0.15, 0.2) is 54.7 Å². The number of rotatable bonds is 14. The van der Waals surface area contributed by atoms with Gasteiger partial charge in [-0.2, -0.15) is 0 Å². The average Bonchev–Trinajstić information content (AvgIpc) is 3.36. The van der Waals surface area contributed by atoms with E-state index in [9.17, 15) is 19.5 Å². The molecule has 3 rings (SSSR count). The number of aromatic nitrogens is 2. The molecule has 0 spiro atoms. The molecule has 0 unspecified atom stereocenters. The molecule has 0 aliphatic rings. The number of benzene rings is 2. The monoisotopic (exact) mass is 519 g/mol. The number of nitrogens with zero attached hydrogens (tertiary/aromatic N) is 3. The largest absolute Gasteiger partial charge is 0.478 e. The smallest absolute Gasteiger partial charge is 0.337 e. The van der Waals surface area contributed by atoms with Crippen molar-refractivity contribution in [3.63, 3.8) is 0 Å². The van der Waals surface area contributed by atoms with Gasteiger partial charge in [0.25, 0.3) is 5.91 Å². The van der Waals surface area contributed by atoms with Crippen molar-refractivity contribution in [3.8, 4) is 11.4 Å². The molecular weight excluding hydrogens is 482 g/mol. The summed E-state index contributed by atoms with van der Waals surface area (Å²) < 4.78 is 6.61. The third-order valence-electron chi connectivity index (χ3n) is 6.47. The second-order valence-electron chi connectivity index (χ2n) is 9.29. The minimum atomic E-state index is -1.19. The van der Waals surface area contributed by atoms with E-state index >= 15 is 0 Å². The number of carbonyl (C=O) groups excluding carboxylic acids is 2. The Morgan fingerprint density at radius 1 is 0.974 bits per heavy atom. The normalized spacial score (nSPS) is 10.8. The fourth-order valence-electron chi connectivity index (χ4n) is 4.34. The highest BCUT2D eigenvalue weighted by atomic mass is 16.5. The molecule has 0 saturated carbocycles. The number of esters is 1. The van der Waals surface area contributed by atoms with Gasteiger partial charge in [-0.25, -0.2) is 14.6 Å². The number of carbonyl (C=O) groups is 3. The maximum atomic E-state index is 13.5. The van der Waals surface area contributed by atoms with E-state index in [4.69, 9.17) is 4.74 Å². The van der Waals surface area contributed by atoms with E-state index < -0.39 is 11.9 Å². The number of unbranched alkanes of at least 4 members (excludes halogenated alkanes) is 2. The van der Waals surface area contributed by atoms with E-state index in [2.05, 4.69) is 31.0 Å². The molecule has 0 saturated heterocycles. The lowest BCUT2D eigenvalue weighted by atomic mass is 10.0. The van der Waals surface area contributed by atoms with Gasteiger partial charge in [0, 0.05) is 31.4 Å². The number of ether oxygens (including phenoxy) is 1. The van der Waals surface area contributed by atoms with Gasteiger partial charge in [0.05, 0.1) is 18.2 Å². The van der Waals surface area contributed by atoms with Crippen LogP contribution in [0.3, 0.4) is 0 Å². The number of aromatic carboxylic acids is 1. The van der Waals surface area contributed by atoms with Crippen LogP contribution in [0.2, 0.25) is 0 Å². The van der Waals surface area contributed by atoms with Crippen molar-refractivity contribution in [2.45, 2.75) is 58.9 Å². The second kappa shape index (κ2) is 14.1. The molecule has 8 nitrogen and oxygen atoms in total. The fourth-order valence-corrected chi connectivity index (χ4v) is 4.34. The number of hydrogen-bond acceptors (Lipinski definition) is 5. The van der Waals surface area contributed by atoms with Crippen molar-refractivity contribution in [2.75, 3.05) is 20.2 Å². The van der Waals surface area contributed by atoms with Crippen molar-refractivity contribution in [1.82, 2.24) is 14.5 Å². The average molecular weight is 520 g/mol. The molecule has 1 heterocycles. The van der Waals surface area contributed by atoms with E-state index in [0.717, 1.165) is 38.5 Å². The SMILES string of the molecule is CCCCN(CCCC)C(=O)c1cn(CCCc2ccccc2)c(-c2ccc(C(=O)OC)cc2C(=O)O)n1. The Bertz CT molecular complexity index is 1230. The van der Waals surface area contributed by atoms with Gasteiger partial charge in [-0.15, -0.1) is 0 Å². The zero-order valence-corrected chi connectivity index (χ0v) is 22.5. The first-order chi connectivity index (χ1) is 18.4. The summed E-state index contributed by atoms with van der Waals surface area (Å²) in [5, 5.41) is 9.96. The van der Waals surface area contributed by atoms with Gasteiger partial charge in [0.2, 0.25) is 0 Å². The van der Waals surface area contributed by atoms with Gasteiger partial charge in [0.15, 0.2) is 0 Å². The van der Waals surface area contributed by atoms with Crippen LogP contribution >= 0.6 is 0 Å². The Kier molecular flexibility index (Phi) is 10.6. The number of aryl methyl sites for hydroxylation is 2. The third kappa shape index (κ3) is 7.31. The number of imidazole rings is 1. The molecule has 38 heavy (non-hydrogen) atoms. The van der Waals surface area contributed by atoms with Crippen LogP contribution in [0.25, 0.3) is 11.4 Å². The van der Waals surface area contributed by atoms with Gasteiger partial charge in [0.1, 0.15) is 11.5 Å². The Hall–Kier alpha value is -3.94. The van der Waals surface area contributed by atoms with E-state index in [0.29, 0.717) is 36.7 Å². The van der Waals surface area contributed by atoms with Crippen LogP contribution < -0.4 is 0 Å².